The van der Waals surface area contributed by atoms with Crippen molar-refractivity contribution in [3.63, 3.8) is 0 Å². The minimum atomic E-state index is -4.44. The molecule has 0 saturated heterocycles. The molecule has 0 radical (unpaired) electrons. The number of carbonyl (C=O) groups is 1. The minimum absolute atomic E-state index is 0.0559. The Labute approximate surface area is 149 Å². The third-order valence-corrected chi connectivity index (χ3v) is 5.52. The van der Waals surface area contributed by atoms with Gasteiger partial charge in [-0.25, -0.2) is 8.42 Å². The van der Waals surface area contributed by atoms with Crippen molar-refractivity contribution in [2.45, 2.75) is 13.1 Å². The summed E-state index contributed by atoms with van der Waals surface area (Å²) in [5, 5.41) is 2.49. The highest BCUT2D eigenvalue weighted by molar-refractivity contribution is 7.92. The number of sulfonamides is 1. The van der Waals surface area contributed by atoms with Crippen molar-refractivity contribution in [3.05, 3.63) is 59.7 Å². The first kappa shape index (κ1) is 19.8. The lowest BCUT2D eigenvalue weighted by molar-refractivity contribution is -0.137. The predicted molar refractivity (Wildman–Crippen MR) is 93.7 cm³/mol. The van der Waals surface area contributed by atoms with Crippen LogP contribution in [0.3, 0.4) is 0 Å². The normalized spacial score (nSPS) is 11.9. The van der Waals surface area contributed by atoms with Gasteiger partial charge < -0.3 is 5.32 Å². The first-order valence-corrected chi connectivity index (χ1v) is 9.21. The van der Waals surface area contributed by atoms with E-state index in [-0.39, 0.29) is 17.0 Å². The van der Waals surface area contributed by atoms with Crippen LogP contribution in [0.25, 0.3) is 0 Å². The van der Waals surface area contributed by atoms with Crippen LogP contribution in [-0.4, -0.2) is 27.1 Å². The molecule has 2 aromatic rings. The van der Waals surface area contributed by atoms with E-state index in [1.807, 2.05) is 0 Å². The number of halogens is 3. The van der Waals surface area contributed by atoms with Gasteiger partial charge in [0, 0.05) is 18.3 Å². The van der Waals surface area contributed by atoms with Gasteiger partial charge in [-0.2, -0.15) is 13.2 Å². The lowest BCUT2D eigenvalue weighted by atomic mass is 10.1. The third kappa shape index (κ3) is 4.54. The number of benzene rings is 2. The number of carbonyl (C=O) groups excluding carboxylic acids is 1. The van der Waals surface area contributed by atoms with Crippen LogP contribution in [0.4, 0.5) is 24.5 Å². The van der Waals surface area contributed by atoms with Crippen LogP contribution in [0.2, 0.25) is 0 Å². The van der Waals surface area contributed by atoms with Crippen LogP contribution >= 0.6 is 0 Å². The summed E-state index contributed by atoms with van der Waals surface area (Å²) < 4.78 is 62.3. The van der Waals surface area contributed by atoms with Gasteiger partial charge >= 0.3 is 6.18 Å². The lowest BCUT2D eigenvalue weighted by Crippen LogP contribution is -2.28. The van der Waals surface area contributed by atoms with E-state index in [0.717, 1.165) is 28.6 Å². The summed E-state index contributed by atoms with van der Waals surface area (Å²) in [5.41, 5.74) is 0.0617. The van der Waals surface area contributed by atoms with Crippen LogP contribution in [0.1, 0.15) is 22.8 Å². The van der Waals surface area contributed by atoms with Crippen LogP contribution in [0.15, 0.2) is 48.5 Å². The molecule has 5 nitrogen and oxygen atoms in total. The molecule has 0 atom stereocenters. The van der Waals surface area contributed by atoms with E-state index in [2.05, 4.69) is 5.32 Å². The highest BCUT2D eigenvalue weighted by Gasteiger charge is 2.30. The van der Waals surface area contributed by atoms with E-state index in [0.29, 0.717) is 5.69 Å². The fraction of sp³-hybridized carbons (Fsp3) is 0.235. The third-order valence-electron chi connectivity index (χ3n) is 3.75. The number of alkyl halides is 3. The Bertz CT molecular complexity index is 877. The Morgan fingerprint density at radius 3 is 2.04 bits per heavy atom. The number of hydrogen-bond donors (Lipinski definition) is 1. The molecule has 0 heterocycles. The molecule has 0 aliphatic rings. The summed E-state index contributed by atoms with van der Waals surface area (Å²) in [6.45, 7) is 1.53. The number of nitrogens with zero attached hydrogens (tertiary/aromatic N) is 1. The highest BCUT2D eigenvalue weighted by atomic mass is 32.2. The second-order valence-electron chi connectivity index (χ2n) is 5.44. The average molecular weight is 386 g/mol. The Balaban J connectivity index is 2.11. The maximum Gasteiger partial charge on any atom is 0.416 e. The Hall–Kier alpha value is -2.55. The van der Waals surface area contributed by atoms with E-state index in [1.165, 1.54) is 38.2 Å². The van der Waals surface area contributed by atoms with E-state index in [4.69, 9.17) is 0 Å². The molecule has 26 heavy (non-hydrogen) atoms. The van der Waals surface area contributed by atoms with Crippen molar-refractivity contribution in [1.29, 1.82) is 0 Å². The van der Waals surface area contributed by atoms with Crippen LogP contribution in [-0.2, 0) is 16.2 Å². The van der Waals surface area contributed by atoms with Crippen molar-refractivity contribution in [2.75, 3.05) is 22.4 Å². The van der Waals surface area contributed by atoms with Crippen LogP contribution in [0.5, 0.6) is 0 Å². The Morgan fingerprint density at radius 1 is 1.04 bits per heavy atom. The van der Waals surface area contributed by atoms with Crippen molar-refractivity contribution in [1.82, 2.24) is 0 Å². The zero-order valence-electron chi connectivity index (χ0n) is 14.0. The molecule has 2 rings (SSSR count). The summed E-state index contributed by atoms with van der Waals surface area (Å²) in [4.78, 5) is 12.2. The minimum Gasteiger partial charge on any atom is -0.322 e. The van der Waals surface area contributed by atoms with Crippen LogP contribution < -0.4 is 9.62 Å². The molecule has 0 unspecified atom stereocenters. The van der Waals surface area contributed by atoms with Gasteiger partial charge in [-0.1, -0.05) is 0 Å². The molecule has 0 spiro atoms. The van der Waals surface area contributed by atoms with E-state index >= 15 is 0 Å². The van der Waals surface area contributed by atoms with Gasteiger partial charge in [0.05, 0.1) is 17.0 Å². The summed E-state index contributed by atoms with van der Waals surface area (Å²) >= 11 is 0. The number of nitrogens with one attached hydrogen (secondary N) is 1. The summed E-state index contributed by atoms with van der Waals surface area (Å²) in [7, 11) is -2.00. The highest BCUT2D eigenvalue weighted by Crippen LogP contribution is 2.30. The molecule has 0 bridgehead atoms. The Kier molecular flexibility index (Phi) is 5.60. The molecule has 0 aromatic heterocycles. The maximum absolute atomic E-state index is 12.5. The molecule has 2 aromatic carbocycles. The van der Waals surface area contributed by atoms with Gasteiger partial charge in [0.15, 0.2) is 0 Å². The number of rotatable bonds is 5. The van der Waals surface area contributed by atoms with Crippen molar-refractivity contribution >= 4 is 27.3 Å². The molecule has 1 N–H and O–H groups in total. The Morgan fingerprint density at radius 2 is 1.58 bits per heavy atom. The number of anilines is 2. The fourth-order valence-corrected chi connectivity index (χ4v) is 2.95. The van der Waals surface area contributed by atoms with Gasteiger partial charge in [-0.05, 0) is 55.5 Å². The second kappa shape index (κ2) is 7.36. The zero-order chi connectivity index (χ0) is 19.5. The number of hydrogen-bond acceptors (Lipinski definition) is 3. The van der Waals surface area contributed by atoms with Crippen LogP contribution in [0, 0.1) is 0 Å². The predicted octanol–water partition coefficient (Wildman–Crippen LogP) is 3.74. The van der Waals surface area contributed by atoms with Gasteiger partial charge in [-0.3, -0.25) is 9.10 Å². The molecule has 0 aliphatic carbocycles. The van der Waals surface area contributed by atoms with E-state index in [1.54, 1.807) is 0 Å². The standard InChI is InChI=1S/C17H17F3N2O3S/c1-3-26(24,25)22(2)15-10-4-12(5-11-15)16(23)21-14-8-6-13(7-9-14)17(18,19)20/h4-11H,3H2,1-2H3,(H,21,23). The summed E-state index contributed by atoms with van der Waals surface area (Å²) in [6.07, 6.45) is -4.44. The quantitative estimate of drug-likeness (QED) is 0.851. The van der Waals surface area contributed by atoms with Gasteiger partial charge in [-0.15, -0.1) is 0 Å². The van der Waals surface area contributed by atoms with E-state index in [9.17, 15) is 26.4 Å². The largest absolute Gasteiger partial charge is 0.416 e. The molecular weight excluding hydrogens is 369 g/mol. The molecule has 0 fully saturated rings. The molecule has 0 saturated carbocycles. The smallest absolute Gasteiger partial charge is 0.322 e. The monoisotopic (exact) mass is 386 g/mol. The molecular formula is C17H17F3N2O3S. The maximum atomic E-state index is 12.5. The average Bonchev–Trinajstić information content (AvgIpc) is 2.61. The summed E-state index contributed by atoms with van der Waals surface area (Å²) in [5.74, 6) is -0.572. The first-order chi connectivity index (χ1) is 12.0. The molecule has 1 amide bonds. The second-order valence-corrected chi connectivity index (χ2v) is 7.73. The molecule has 0 aliphatic heterocycles. The fourth-order valence-electron chi connectivity index (χ4n) is 2.12. The van der Waals surface area contributed by atoms with Crippen molar-refractivity contribution < 1.29 is 26.4 Å². The first-order valence-electron chi connectivity index (χ1n) is 7.60. The summed E-state index contributed by atoms with van der Waals surface area (Å²) in [6, 6.07) is 9.93. The van der Waals surface area contributed by atoms with Crippen molar-refractivity contribution in [2.24, 2.45) is 0 Å². The topological polar surface area (TPSA) is 66.5 Å². The lowest BCUT2D eigenvalue weighted by Gasteiger charge is -2.18. The zero-order valence-corrected chi connectivity index (χ0v) is 14.9. The number of amides is 1. The SMILES string of the molecule is CCS(=O)(=O)N(C)c1ccc(C(=O)Nc2ccc(C(F)(F)F)cc2)cc1. The van der Waals surface area contributed by atoms with Crippen molar-refractivity contribution in [3.8, 4) is 0 Å². The molecule has 140 valence electrons. The van der Waals surface area contributed by atoms with E-state index < -0.39 is 27.7 Å². The molecule has 9 heteroatoms. The van der Waals surface area contributed by atoms with Gasteiger partial charge in [0.2, 0.25) is 10.0 Å². The van der Waals surface area contributed by atoms with Gasteiger partial charge in [0.1, 0.15) is 0 Å². The van der Waals surface area contributed by atoms with Gasteiger partial charge in [0.25, 0.3) is 5.91 Å².